The van der Waals surface area contributed by atoms with Gasteiger partial charge in [-0.1, -0.05) is 48.5 Å². The standard InChI is InChI=1S/C19H18N2O4/c1-20-18(23)15-16(13-9-5-6-10-14(13)22)21(25-17(15)19(20)24)11-12-7-3-2-4-8-12/h2-10,15-17,22H,11H2,1H3. The average molecular weight is 338 g/mol. The first kappa shape index (κ1) is 15.8. The number of benzene rings is 2. The highest BCUT2D eigenvalue weighted by Crippen LogP contribution is 2.46. The number of carbonyl (C=O) groups excluding carboxylic acids is 2. The van der Waals surface area contributed by atoms with E-state index in [0.717, 1.165) is 10.5 Å². The van der Waals surface area contributed by atoms with Gasteiger partial charge in [0.15, 0.2) is 6.10 Å². The molecule has 0 aromatic heterocycles. The van der Waals surface area contributed by atoms with Gasteiger partial charge in [0, 0.05) is 19.2 Å². The van der Waals surface area contributed by atoms with Crippen molar-refractivity contribution < 1.29 is 19.5 Å². The lowest BCUT2D eigenvalue weighted by Gasteiger charge is -2.26. The van der Waals surface area contributed by atoms with E-state index in [9.17, 15) is 14.7 Å². The molecule has 2 aliphatic heterocycles. The van der Waals surface area contributed by atoms with Crippen LogP contribution in [0.15, 0.2) is 54.6 Å². The number of likely N-dealkylation sites (tertiary alicyclic amines) is 1. The summed E-state index contributed by atoms with van der Waals surface area (Å²) in [6, 6.07) is 16.0. The van der Waals surface area contributed by atoms with Crippen molar-refractivity contribution >= 4 is 11.8 Å². The number of nitrogens with zero attached hydrogens (tertiary/aromatic N) is 2. The fourth-order valence-electron chi connectivity index (χ4n) is 3.59. The number of rotatable bonds is 3. The smallest absolute Gasteiger partial charge is 0.261 e. The van der Waals surface area contributed by atoms with Crippen LogP contribution in [0.5, 0.6) is 5.75 Å². The Labute approximate surface area is 145 Å². The van der Waals surface area contributed by atoms with E-state index in [4.69, 9.17) is 4.84 Å². The number of hydrogen-bond donors (Lipinski definition) is 1. The van der Waals surface area contributed by atoms with Crippen LogP contribution in [0.25, 0.3) is 0 Å². The van der Waals surface area contributed by atoms with Crippen molar-refractivity contribution in [2.45, 2.75) is 18.7 Å². The van der Waals surface area contributed by atoms with Crippen molar-refractivity contribution in [1.29, 1.82) is 0 Å². The summed E-state index contributed by atoms with van der Waals surface area (Å²) in [5.41, 5.74) is 1.58. The monoisotopic (exact) mass is 338 g/mol. The van der Waals surface area contributed by atoms with Crippen LogP contribution >= 0.6 is 0 Å². The lowest BCUT2D eigenvalue weighted by atomic mass is 9.90. The first-order valence-electron chi connectivity index (χ1n) is 8.14. The van der Waals surface area contributed by atoms with E-state index in [2.05, 4.69) is 0 Å². The zero-order chi connectivity index (χ0) is 17.6. The minimum Gasteiger partial charge on any atom is -0.508 e. The van der Waals surface area contributed by atoms with Crippen LogP contribution in [-0.4, -0.2) is 40.0 Å². The zero-order valence-electron chi connectivity index (χ0n) is 13.7. The van der Waals surface area contributed by atoms with Gasteiger partial charge in [0.05, 0.1) is 12.0 Å². The number of para-hydroxylation sites is 1. The summed E-state index contributed by atoms with van der Waals surface area (Å²) < 4.78 is 0. The Hall–Kier alpha value is -2.70. The molecule has 0 saturated carbocycles. The van der Waals surface area contributed by atoms with Crippen LogP contribution in [0.3, 0.4) is 0 Å². The molecule has 3 unspecified atom stereocenters. The second kappa shape index (κ2) is 5.98. The molecule has 2 heterocycles. The summed E-state index contributed by atoms with van der Waals surface area (Å²) in [7, 11) is 1.47. The maximum atomic E-state index is 12.6. The zero-order valence-corrected chi connectivity index (χ0v) is 13.7. The minimum absolute atomic E-state index is 0.0876. The lowest BCUT2D eigenvalue weighted by Crippen LogP contribution is -2.34. The highest BCUT2D eigenvalue weighted by molar-refractivity contribution is 6.07. The Morgan fingerprint density at radius 1 is 1.00 bits per heavy atom. The molecular weight excluding hydrogens is 320 g/mol. The molecule has 6 heteroatoms. The van der Waals surface area contributed by atoms with E-state index in [0.29, 0.717) is 12.1 Å². The van der Waals surface area contributed by atoms with Gasteiger partial charge in [-0.15, -0.1) is 0 Å². The third kappa shape index (κ3) is 2.50. The van der Waals surface area contributed by atoms with Gasteiger partial charge in [-0.2, -0.15) is 5.06 Å². The average Bonchev–Trinajstić information content (AvgIpc) is 3.08. The SMILES string of the molecule is CN1C(=O)C2ON(Cc3ccccc3)C(c3ccccc3O)C2C1=O. The number of fused-ring (bicyclic) bond motifs is 1. The Morgan fingerprint density at radius 3 is 2.40 bits per heavy atom. The Balaban J connectivity index is 1.75. The molecule has 2 amide bonds. The van der Waals surface area contributed by atoms with Crippen molar-refractivity contribution in [2.75, 3.05) is 7.05 Å². The van der Waals surface area contributed by atoms with E-state index in [-0.39, 0.29) is 17.6 Å². The topological polar surface area (TPSA) is 70.1 Å². The second-order valence-corrected chi connectivity index (χ2v) is 6.35. The van der Waals surface area contributed by atoms with Gasteiger partial charge < -0.3 is 5.11 Å². The maximum absolute atomic E-state index is 12.6. The number of carbonyl (C=O) groups is 2. The highest BCUT2D eigenvalue weighted by atomic mass is 16.7. The van der Waals surface area contributed by atoms with Crippen molar-refractivity contribution in [3.63, 3.8) is 0 Å². The molecule has 128 valence electrons. The molecule has 2 aromatic carbocycles. The van der Waals surface area contributed by atoms with Crippen LogP contribution in [0.2, 0.25) is 0 Å². The first-order valence-corrected chi connectivity index (χ1v) is 8.14. The number of phenols is 1. The van der Waals surface area contributed by atoms with E-state index in [1.54, 1.807) is 29.3 Å². The number of phenolic OH excluding ortho intramolecular Hbond substituents is 1. The third-order valence-corrected chi connectivity index (χ3v) is 4.85. The Morgan fingerprint density at radius 2 is 1.68 bits per heavy atom. The Kier molecular flexibility index (Phi) is 3.78. The van der Waals surface area contributed by atoms with E-state index in [1.807, 2.05) is 30.3 Å². The third-order valence-electron chi connectivity index (χ3n) is 4.85. The van der Waals surface area contributed by atoms with Gasteiger partial charge in [0.1, 0.15) is 5.75 Å². The predicted octanol–water partition coefficient (Wildman–Crippen LogP) is 1.86. The molecule has 2 aromatic rings. The number of aromatic hydroxyl groups is 1. The second-order valence-electron chi connectivity index (χ2n) is 6.35. The van der Waals surface area contributed by atoms with Gasteiger partial charge in [-0.25, -0.2) is 0 Å². The number of hydrogen-bond acceptors (Lipinski definition) is 5. The summed E-state index contributed by atoms with van der Waals surface area (Å²) in [6.45, 7) is 0.414. The number of imide groups is 1. The van der Waals surface area contributed by atoms with Crippen molar-refractivity contribution in [2.24, 2.45) is 5.92 Å². The molecule has 0 aliphatic carbocycles. The molecule has 4 rings (SSSR count). The van der Waals surface area contributed by atoms with Gasteiger partial charge in [0.2, 0.25) is 5.91 Å². The van der Waals surface area contributed by atoms with Crippen molar-refractivity contribution in [3.05, 3.63) is 65.7 Å². The molecule has 0 bridgehead atoms. The molecule has 0 radical (unpaired) electrons. The fourth-order valence-corrected chi connectivity index (χ4v) is 3.59. The molecular formula is C19H18N2O4. The van der Waals surface area contributed by atoms with Crippen LogP contribution in [0, 0.1) is 5.92 Å². The number of amides is 2. The number of hydroxylamine groups is 2. The normalized spacial score (nSPS) is 26.3. The van der Waals surface area contributed by atoms with Crippen LogP contribution in [-0.2, 0) is 21.0 Å². The van der Waals surface area contributed by atoms with E-state index >= 15 is 0 Å². The fraction of sp³-hybridized carbons (Fsp3) is 0.263. The maximum Gasteiger partial charge on any atom is 0.261 e. The quantitative estimate of drug-likeness (QED) is 0.865. The van der Waals surface area contributed by atoms with Gasteiger partial charge in [-0.3, -0.25) is 19.3 Å². The molecule has 25 heavy (non-hydrogen) atoms. The van der Waals surface area contributed by atoms with Crippen LogP contribution in [0.4, 0.5) is 0 Å². The largest absolute Gasteiger partial charge is 0.508 e. The highest BCUT2D eigenvalue weighted by Gasteiger charge is 2.58. The summed E-state index contributed by atoms with van der Waals surface area (Å²) in [5.74, 6) is -1.19. The summed E-state index contributed by atoms with van der Waals surface area (Å²) in [4.78, 5) is 31.9. The van der Waals surface area contributed by atoms with Crippen LogP contribution in [0.1, 0.15) is 17.2 Å². The van der Waals surface area contributed by atoms with E-state index in [1.165, 1.54) is 7.05 Å². The summed E-state index contributed by atoms with van der Waals surface area (Å²) in [5, 5.41) is 11.9. The van der Waals surface area contributed by atoms with Crippen LogP contribution < -0.4 is 0 Å². The predicted molar refractivity (Wildman–Crippen MR) is 89.0 cm³/mol. The molecule has 3 atom stereocenters. The molecule has 2 aliphatic rings. The van der Waals surface area contributed by atoms with Gasteiger partial charge >= 0.3 is 0 Å². The molecule has 2 saturated heterocycles. The molecule has 6 nitrogen and oxygen atoms in total. The molecule has 1 N–H and O–H groups in total. The first-order chi connectivity index (χ1) is 12.1. The van der Waals surface area contributed by atoms with Crippen molar-refractivity contribution in [3.8, 4) is 5.75 Å². The molecule has 0 spiro atoms. The van der Waals surface area contributed by atoms with E-state index < -0.39 is 18.1 Å². The summed E-state index contributed by atoms with van der Waals surface area (Å²) in [6.07, 6.45) is -0.842. The molecule has 2 fully saturated rings. The Bertz CT molecular complexity index is 823. The minimum atomic E-state index is -0.842. The van der Waals surface area contributed by atoms with Crippen molar-refractivity contribution in [1.82, 2.24) is 9.96 Å². The lowest BCUT2D eigenvalue weighted by molar-refractivity contribution is -0.183. The van der Waals surface area contributed by atoms with Gasteiger partial charge in [-0.05, 0) is 11.6 Å². The van der Waals surface area contributed by atoms with Gasteiger partial charge in [0.25, 0.3) is 5.91 Å². The number of likely N-dealkylation sites (N-methyl/N-ethyl adjacent to an activating group) is 1. The summed E-state index contributed by atoms with van der Waals surface area (Å²) >= 11 is 0.